The smallest absolute Gasteiger partial charge is 0.235 e. The van der Waals surface area contributed by atoms with E-state index in [0.29, 0.717) is 12.5 Å². The van der Waals surface area contributed by atoms with Crippen LogP contribution in [0.25, 0.3) is 0 Å². The largest absolute Gasteiger partial charge is 0.474 e. The molecule has 0 spiro atoms. The Balaban J connectivity index is 1.61. The summed E-state index contributed by atoms with van der Waals surface area (Å²) in [6.07, 6.45) is 11.1. The zero-order chi connectivity index (χ0) is 18.1. The number of ether oxygens (including phenoxy) is 1. The Morgan fingerprint density at radius 2 is 1.58 bits per heavy atom. The summed E-state index contributed by atoms with van der Waals surface area (Å²) in [5.74, 6) is 3.05. The molecule has 0 aromatic carbocycles. The molecule has 1 atom stereocenters. The second-order valence-corrected chi connectivity index (χ2v) is 9.69. The minimum absolute atomic E-state index is 0.135. The maximum Gasteiger partial charge on any atom is 0.235 e. The van der Waals surface area contributed by atoms with Crippen LogP contribution >= 0.6 is 0 Å². The van der Waals surface area contributed by atoms with Crippen LogP contribution in [0, 0.1) is 17.3 Å². The van der Waals surface area contributed by atoms with E-state index in [4.69, 9.17) is 14.7 Å². The van der Waals surface area contributed by atoms with Gasteiger partial charge in [0.1, 0.15) is 12.3 Å². The normalized spacial score (nSPS) is 25.1. The van der Waals surface area contributed by atoms with Crippen LogP contribution in [-0.2, 0) is 4.74 Å². The lowest BCUT2D eigenvalue weighted by Crippen LogP contribution is -2.25. The first-order chi connectivity index (χ1) is 12.5. The molecule has 2 heterocycles. The lowest BCUT2D eigenvalue weighted by molar-refractivity contribution is 0.235. The summed E-state index contributed by atoms with van der Waals surface area (Å²) in [6.45, 7) is 7.37. The average molecular weight is 355 g/mol. The number of rotatable bonds is 4. The third-order valence-electron chi connectivity index (χ3n) is 6.80. The van der Waals surface area contributed by atoms with Crippen molar-refractivity contribution < 1.29 is 4.74 Å². The van der Waals surface area contributed by atoms with E-state index in [0.717, 1.165) is 23.4 Å². The summed E-state index contributed by atoms with van der Waals surface area (Å²) in [6, 6.07) is 6.74. The number of pyridine rings is 1. The van der Waals surface area contributed by atoms with Crippen molar-refractivity contribution in [2.75, 3.05) is 6.61 Å². The Morgan fingerprint density at radius 3 is 2.12 bits per heavy atom. The molecule has 1 aromatic heterocycles. The molecule has 0 radical (unpaired) electrons. The van der Waals surface area contributed by atoms with Crippen LogP contribution in [0.3, 0.4) is 0 Å². The van der Waals surface area contributed by atoms with E-state index in [1.165, 1.54) is 57.1 Å². The highest BCUT2D eigenvalue weighted by Gasteiger charge is 2.36. The molecule has 2 saturated carbocycles. The van der Waals surface area contributed by atoms with E-state index >= 15 is 0 Å². The van der Waals surface area contributed by atoms with Crippen LogP contribution in [-0.4, -0.2) is 23.5 Å². The van der Waals surface area contributed by atoms with Crippen LogP contribution in [0.4, 0.5) is 0 Å². The summed E-state index contributed by atoms with van der Waals surface area (Å²) in [5, 5.41) is 0. The maximum absolute atomic E-state index is 5.95. The van der Waals surface area contributed by atoms with E-state index in [9.17, 15) is 0 Å². The van der Waals surface area contributed by atoms with Gasteiger partial charge in [0.2, 0.25) is 5.90 Å². The van der Waals surface area contributed by atoms with Gasteiger partial charge >= 0.3 is 0 Å². The lowest BCUT2D eigenvalue weighted by atomic mass is 9.77. The van der Waals surface area contributed by atoms with Gasteiger partial charge in [-0.2, -0.15) is 0 Å². The molecule has 1 aliphatic heterocycles. The summed E-state index contributed by atoms with van der Waals surface area (Å²) in [4.78, 5) is 9.96. The van der Waals surface area contributed by atoms with Crippen molar-refractivity contribution in [2.24, 2.45) is 22.2 Å². The molecule has 1 aromatic rings. The lowest BCUT2D eigenvalue weighted by Gasteiger charge is -2.29. The van der Waals surface area contributed by atoms with E-state index < -0.39 is 0 Å². The molecule has 3 heteroatoms. The van der Waals surface area contributed by atoms with Crippen LogP contribution < -0.4 is 0 Å². The second-order valence-electron chi connectivity index (χ2n) is 9.69. The highest BCUT2D eigenvalue weighted by atomic mass is 16.5. The molecule has 142 valence electrons. The van der Waals surface area contributed by atoms with Crippen LogP contribution in [0.5, 0.6) is 0 Å². The third kappa shape index (κ3) is 3.68. The number of aliphatic imine (C=N–C) groups is 1. The van der Waals surface area contributed by atoms with E-state index in [2.05, 4.69) is 39.0 Å². The van der Waals surface area contributed by atoms with Gasteiger partial charge in [-0.1, -0.05) is 52.5 Å². The fourth-order valence-electron chi connectivity index (χ4n) is 5.21. The van der Waals surface area contributed by atoms with Gasteiger partial charge in [0.25, 0.3) is 0 Å². The van der Waals surface area contributed by atoms with Gasteiger partial charge in [-0.25, -0.2) is 9.98 Å². The van der Waals surface area contributed by atoms with Crippen molar-refractivity contribution in [3.05, 3.63) is 29.6 Å². The summed E-state index contributed by atoms with van der Waals surface area (Å²) < 4.78 is 5.95. The Labute approximate surface area is 158 Å². The predicted molar refractivity (Wildman–Crippen MR) is 107 cm³/mol. The minimum Gasteiger partial charge on any atom is -0.474 e. The summed E-state index contributed by atoms with van der Waals surface area (Å²) in [7, 11) is 0. The molecule has 0 unspecified atom stereocenters. The number of hydrogen-bond donors (Lipinski definition) is 0. The predicted octanol–water partition coefficient (Wildman–Crippen LogP) is 5.74. The zero-order valence-corrected chi connectivity index (χ0v) is 16.7. The molecule has 26 heavy (non-hydrogen) atoms. The second kappa shape index (κ2) is 7.32. The van der Waals surface area contributed by atoms with Crippen LogP contribution in [0.2, 0.25) is 0 Å². The first kappa shape index (κ1) is 18.0. The molecular weight excluding hydrogens is 320 g/mol. The average Bonchev–Trinajstić information content (AvgIpc) is 3.37. The van der Waals surface area contributed by atoms with Gasteiger partial charge in [0.05, 0.1) is 6.04 Å². The fraction of sp³-hybridized carbons (Fsp3) is 0.739. The molecule has 0 amide bonds. The van der Waals surface area contributed by atoms with E-state index in [-0.39, 0.29) is 11.5 Å². The molecule has 2 fully saturated rings. The van der Waals surface area contributed by atoms with Crippen LogP contribution in [0.1, 0.15) is 89.4 Å². The number of nitrogens with zero attached hydrogens (tertiary/aromatic N) is 2. The molecule has 0 N–H and O–H groups in total. The standard InChI is InChI=1S/C23H34N2O/c1-23(2,3)20-15-26-22(25-20)19-14-8-13-18(24-19)21(16-9-4-5-10-16)17-11-6-7-12-17/h8,13-14,16-17,20-21H,4-7,9-12,15H2,1-3H3/t20-/m1/s1. The molecule has 0 bridgehead atoms. The number of aromatic nitrogens is 1. The molecule has 3 nitrogen and oxygen atoms in total. The Kier molecular flexibility index (Phi) is 5.07. The van der Waals surface area contributed by atoms with Crippen molar-refractivity contribution in [2.45, 2.75) is 84.1 Å². The molecule has 4 rings (SSSR count). The van der Waals surface area contributed by atoms with Gasteiger partial charge in [-0.15, -0.1) is 0 Å². The van der Waals surface area contributed by atoms with Crippen molar-refractivity contribution in [1.29, 1.82) is 0 Å². The molecular formula is C23H34N2O. The third-order valence-corrected chi connectivity index (χ3v) is 6.80. The maximum atomic E-state index is 5.95. The quantitative estimate of drug-likeness (QED) is 0.691. The first-order valence-corrected chi connectivity index (χ1v) is 10.7. The van der Waals surface area contributed by atoms with Crippen molar-refractivity contribution in [1.82, 2.24) is 4.98 Å². The number of hydrogen-bond acceptors (Lipinski definition) is 3. The topological polar surface area (TPSA) is 34.5 Å². The molecule has 0 saturated heterocycles. The summed E-state index contributed by atoms with van der Waals surface area (Å²) >= 11 is 0. The van der Waals surface area contributed by atoms with Crippen molar-refractivity contribution >= 4 is 5.90 Å². The van der Waals surface area contributed by atoms with Crippen molar-refractivity contribution in [3.63, 3.8) is 0 Å². The SMILES string of the molecule is CC(C)(C)[C@H]1COC(c2cccc(C(C3CCCC3)C3CCCC3)n2)=N1. The van der Waals surface area contributed by atoms with Crippen LogP contribution in [0.15, 0.2) is 23.2 Å². The Morgan fingerprint density at radius 1 is 0.962 bits per heavy atom. The monoisotopic (exact) mass is 354 g/mol. The van der Waals surface area contributed by atoms with Gasteiger partial charge in [-0.05, 0) is 55.1 Å². The van der Waals surface area contributed by atoms with Gasteiger partial charge in [0.15, 0.2) is 0 Å². The van der Waals surface area contributed by atoms with Crippen molar-refractivity contribution in [3.8, 4) is 0 Å². The zero-order valence-electron chi connectivity index (χ0n) is 16.7. The summed E-state index contributed by atoms with van der Waals surface area (Å²) in [5.41, 5.74) is 2.37. The fourth-order valence-corrected chi connectivity index (χ4v) is 5.21. The van der Waals surface area contributed by atoms with Gasteiger partial charge in [0, 0.05) is 11.6 Å². The first-order valence-electron chi connectivity index (χ1n) is 10.7. The Hall–Kier alpha value is -1.38. The Bertz CT molecular complexity index is 632. The van der Waals surface area contributed by atoms with E-state index in [1.54, 1.807) is 0 Å². The van der Waals surface area contributed by atoms with Gasteiger partial charge < -0.3 is 4.74 Å². The molecule has 3 aliphatic rings. The highest BCUT2D eigenvalue weighted by molar-refractivity contribution is 5.93. The highest BCUT2D eigenvalue weighted by Crippen LogP contribution is 2.46. The van der Waals surface area contributed by atoms with Gasteiger partial charge in [-0.3, -0.25) is 0 Å². The van der Waals surface area contributed by atoms with E-state index in [1.807, 2.05) is 0 Å². The molecule has 2 aliphatic carbocycles. The minimum atomic E-state index is 0.135.